The Morgan fingerprint density at radius 1 is 0.585 bits per heavy atom. The van der Waals surface area contributed by atoms with Gasteiger partial charge in [-0.3, -0.25) is 13.7 Å². The van der Waals surface area contributed by atoms with Gasteiger partial charge in [0.1, 0.15) is 17.3 Å². The molecule has 5 nitrogen and oxygen atoms in total. The fourth-order valence-corrected chi connectivity index (χ4v) is 8.80. The molecule has 0 aliphatic rings. The highest BCUT2D eigenvalue weighted by Crippen LogP contribution is 2.39. The van der Waals surface area contributed by atoms with E-state index in [-0.39, 0.29) is 27.9 Å². The highest BCUT2D eigenvalue weighted by molar-refractivity contribution is 6.10. The average Bonchev–Trinajstić information content (AvgIpc) is 3.99. The van der Waals surface area contributed by atoms with Crippen molar-refractivity contribution in [2.45, 2.75) is 33.6 Å². The fourth-order valence-electron chi connectivity index (χ4n) is 8.80. The van der Waals surface area contributed by atoms with Crippen molar-refractivity contribution < 1.29 is 23.0 Å². The van der Waals surface area contributed by atoms with Crippen molar-refractivity contribution in [2.24, 2.45) is 5.92 Å². The molecule has 0 aliphatic heterocycles. The maximum atomic E-state index is 9.08. The average molecular weight is 851 g/mol. The molecule has 0 spiro atoms. The maximum absolute atomic E-state index is 9.08. The van der Waals surface area contributed by atoms with Crippen LogP contribution >= 0.6 is 0 Å². The number of fused-ring (bicyclic) bond motifs is 4. The molecule has 11 aromatic rings. The molecule has 0 saturated heterocycles. The topological polar surface area (TPSA) is 35.9 Å². The van der Waals surface area contributed by atoms with Gasteiger partial charge in [-0.05, 0) is 118 Å². The lowest BCUT2D eigenvalue weighted by Crippen LogP contribution is -2.32. The van der Waals surface area contributed by atoms with Gasteiger partial charge in [0.15, 0.2) is 0 Å². The lowest BCUT2D eigenvalue weighted by atomic mass is 9.91. The van der Waals surface area contributed by atoms with Gasteiger partial charge < -0.3 is 4.74 Å². The Morgan fingerprint density at radius 2 is 1.29 bits per heavy atom. The predicted octanol–water partition coefficient (Wildman–Crippen LogP) is 15.1. The Morgan fingerprint density at radius 3 is 2.03 bits per heavy atom. The zero-order chi connectivity index (χ0) is 52.7. The lowest BCUT2D eigenvalue weighted by Gasteiger charge is -2.17. The van der Waals surface area contributed by atoms with Gasteiger partial charge in [-0.1, -0.05) is 160 Å². The zero-order valence-electron chi connectivity index (χ0n) is 46.2. The zero-order valence-corrected chi connectivity index (χ0v) is 36.2. The van der Waals surface area contributed by atoms with Crippen molar-refractivity contribution in [3.05, 3.63) is 224 Å². The van der Waals surface area contributed by atoms with E-state index in [0.717, 1.165) is 44.3 Å². The Bertz CT molecular complexity index is 3990. The van der Waals surface area contributed by atoms with Gasteiger partial charge in [0.25, 0.3) is 6.33 Å². The first-order valence-electron chi connectivity index (χ1n) is 26.7. The SMILES string of the molecule is [2H]c1c([2H])c([2H])c(-c2cccc(-c3c([2H])c([2H])c([2H])c([2H])c3[2H])c2-[n+]2[c-]n(-c3cccc(Oc4ccc5c6cc(-c7ccccc7)ccc6n(-c6cc(C(C)C(C)C)ccn6)c5c4)c3)c3cccc(C)c32)c([2H])c1[2H]. The summed E-state index contributed by atoms with van der Waals surface area (Å²) in [7, 11) is 0. The number of aryl methyl sites for hydroxylation is 1. The van der Waals surface area contributed by atoms with Crippen molar-refractivity contribution in [3.63, 3.8) is 0 Å². The highest BCUT2D eigenvalue weighted by atomic mass is 16.5. The lowest BCUT2D eigenvalue weighted by molar-refractivity contribution is -0.571. The molecule has 1 unspecified atom stereocenters. The monoisotopic (exact) mass is 850 g/mol. The van der Waals surface area contributed by atoms with Crippen LogP contribution in [-0.4, -0.2) is 14.1 Å². The van der Waals surface area contributed by atoms with Crippen LogP contribution < -0.4 is 9.30 Å². The third kappa shape index (κ3) is 7.25. The van der Waals surface area contributed by atoms with Crippen molar-refractivity contribution >= 4 is 32.8 Å². The highest BCUT2D eigenvalue weighted by Gasteiger charge is 2.22. The molecule has 0 fully saturated rings. The van der Waals surface area contributed by atoms with Crippen molar-refractivity contribution in [3.8, 4) is 62.1 Å². The molecule has 3 aromatic heterocycles. The number of imidazole rings is 1. The third-order valence-corrected chi connectivity index (χ3v) is 12.4. The summed E-state index contributed by atoms with van der Waals surface area (Å²) in [5.41, 5.74) is 8.28. The third-order valence-electron chi connectivity index (χ3n) is 12.4. The second-order valence-corrected chi connectivity index (χ2v) is 16.6. The van der Waals surface area contributed by atoms with E-state index in [1.165, 1.54) is 5.56 Å². The number of para-hydroxylation sites is 2. The summed E-state index contributed by atoms with van der Waals surface area (Å²) >= 11 is 0. The van der Waals surface area contributed by atoms with Crippen molar-refractivity contribution in [2.75, 3.05) is 0 Å². The van der Waals surface area contributed by atoms with Crippen LogP contribution in [0.15, 0.2) is 206 Å². The Labute approximate surface area is 394 Å². The summed E-state index contributed by atoms with van der Waals surface area (Å²) in [5, 5.41) is 2.11. The first-order chi connectivity index (χ1) is 36.0. The maximum Gasteiger partial charge on any atom is 0.269 e. The molecular formula is C60H48N4O. The molecule has 0 aliphatic carbocycles. The van der Waals surface area contributed by atoms with E-state index < -0.39 is 60.4 Å². The molecule has 314 valence electrons. The van der Waals surface area contributed by atoms with Crippen LogP contribution in [0.25, 0.3) is 83.4 Å². The Balaban J connectivity index is 1.08. The normalized spacial score (nSPS) is 14.2. The van der Waals surface area contributed by atoms with Gasteiger partial charge in [-0.15, -0.1) is 0 Å². The van der Waals surface area contributed by atoms with Crippen LogP contribution in [0.3, 0.4) is 0 Å². The van der Waals surface area contributed by atoms with E-state index in [2.05, 4.69) is 80.2 Å². The summed E-state index contributed by atoms with van der Waals surface area (Å²) in [6.07, 6.45) is 5.37. The van der Waals surface area contributed by atoms with Gasteiger partial charge in [0.2, 0.25) is 0 Å². The van der Waals surface area contributed by atoms with Crippen LogP contribution in [0.2, 0.25) is 0 Å². The summed E-state index contributed by atoms with van der Waals surface area (Å²) in [5.74, 6) is 2.64. The number of rotatable bonds is 10. The summed E-state index contributed by atoms with van der Waals surface area (Å²) < 4.78 is 100. The summed E-state index contributed by atoms with van der Waals surface area (Å²) in [6.45, 7) is 8.59. The second kappa shape index (κ2) is 16.6. The largest absolute Gasteiger partial charge is 0.458 e. The quantitative estimate of drug-likeness (QED) is 0.101. The Hall–Kier alpha value is -8.02. The van der Waals surface area contributed by atoms with Crippen LogP contribution in [0.5, 0.6) is 11.5 Å². The number of hydrogen-bond donors (Lipinski definition) is 0. The molecule has 0 amide bonds. The van der Waals surface area contributed by atoms with Crippen molar-refractivity contribution in [1.82, 2.24) is 14.1 Å². The molecule has 0 N–H and O–H groups in total. The minimum Gasteiger partial charge on any atom is -0.458 e. The van der Waals surface area contributed by atoms with Gasteiger partial charge in [-0.2, -0.15) is 0 Å². The number of aromatic nitrogens is 4. The van der Waals surface area contributed by atoms with Gasteiger partial charge in [0, 0.05) is 23.0 Å². The first-order valence-corrected chi connectivity index (χ1v) is 21.7. The van der Waals surface area contributed by atoms with E-state index in [1.807, 2.05) is 90.5 Å². The van der Waals surface area contributed by atoms with E-state index >= 15 is 0 Å². The molecule has 8 aromatic carbocycles. The molecule has 5 heteroatoms. The van der Waals surface area contributed by atoms with Crippen LogP contribution in [-0.2, 0) is 0 Å². The van der Waals surface area contributed by atoms with E-state index in [4.69, 9.17) is 23.4 Å². The number of hydrogen-bond acceptors (Lipinski definition) is 2. The first kappa shape index (κ1) is 30.1. The van der Waals surface area contributed by atoms with Crippen LogP contribution in [0, 0.1) is 19.2 Å². The molecule has 65 heavy (non-hydrogen) atoms. The van der Waals surface area contributed by atoms with E-state index in [1.54, 1.807) is 22.8 Å². The Kier molecular flexibility index (Phi) is 7.69. The standard InChI is InChI=1S/C60H48N4O/c1-40(2)42(4)46-33-34-61-58(36-46)64-55-32-29-47(43-18-8-5-9-19-43)35-54(55)53-31-30-50(38-57(53)64)65-49-25-15-24-48(37-49)62-39-63(59-41(3)17-14-28-56(59)62)60-51(44-20-10-6-11-21-44)26-16-27-52(60)45-22-12-7-13-23-45/h5-38,40,42H,1-4H3/i6D,7D,10D,11D,12D,13D,20D,21D,22D,23D. The number of nitrogens with zero attached hydrogens (tertiary/aromatic N) is 4. The van der Waals surface area contributed by atoms with Crippen molar-refractivity contribution in [1.29, 1.82) is 0 Å². The molecule has 0 saturated carbocycles. The molecule has 3 heterocycles. The van der Waals surface area contributed by atoms with Gasteiger partial charge in [0.05, 0.1) is 47.1 Å². The predicted molar refractivity (Wildman–Crippen MR) is 267 cm³/mol. The minimum atomic E-state index is -0.566. The summed E-state index contributed by atoms with van der Waals surface area (Å²) in [6, 6.07) is 40.0. The second-order valence-electron chi connectivity index (χ2n) is 16.6. The van der Waals surface area contributed by atoms with Crippen LogP contribution in [0.1, 0.15) is 51.5 Å². The summed E-state index contributed by atoms with van der Waals surface area (Å²) in [4.78, 5) is 4.93. The van der Waals surface area contributed by atoms with Crippen LogP contribution in [0.4, 0.5) is 0 Å². The molecule has 11 rings (SSSR count). The van der Waals surface area contributed by atoms with E-state index in [9.17, 15) is 0 Å². The smallest absolute Gasteiger partial charge is 0.269 e. The number of ether oxygens (including phenoxy) is 1. The molecule has 0 radical (unpaired) electrons. The number of benzene rings is 8. The van der Waals surface area contributed by atoms with Gasteiger partial charge in [-0.25, -0.2) is 4.98 Å². The number of pyridine rings is 1. The molecule has 1 atom stereocenters. The molecule has 0 bridgehead atoms. The van der Waals surface area contributed by atoms with E-state index in [0.29, 0.717) is 40.1 Å². The van der Waals surface area contributed by atoms with Gasteiger partial charge >= 0.3 is 0 Å². The minimum absolute atomic E-state index is 0.128. The fraction of sp³-hybridized carbons (Fsp3) is 0.100. The molecular weight excluding hydrogens is 793 g/mol.